The van der Waals surface area contributed by atoms with Crippen molar-refractivity contribution in [3.8, 4) is 17.1 Å². The zero-order valence-electron chi connectivity index (χ0n) is 10.6. The second-order valence-corrected chi connectivity index (χ2v) is 5.33. The summed E-state index contributed by atoms with van der Waals surface area (Å²) in [4.78, 5) is 7.84. The molecule has 0 amide bonds. The summed E-state index contributed by atoms with van der Waals surface area (Å²) >= 11 is 6.01. The van der Waals surface area contributed by atoms with Crippen LogP contribution >= 0.6 is 11.6 Å². The van der Waals surface area contributed by atoms with Crippen molar-refractivity contribution in [2.24, 2.45) is 0 Å². The number of aromatic nitrogens is 2. The summed E-state index contributed by atoms with van der Waals surface area (Å²) in [5.74, 6) is 1.76. The van der Waals surface area contributed by atoms with Gasteiger partial charge in [-0.25, -0.2) is 4.98 Å². The summed E-state index contributed by atoms with van der Waals surface area (Å²) in [6, 6.07) is 9.64. The molecule has 1 aromatic heterocycles. The Hall–Kier alpha value is -2.20. The quantitative estimate of drug-likeness (QED) is 0.674. The maximum atomic E-state index is 6.01. The highest BCUT2D eigenvalue weighted by Gasteiger charge is 2.15. The molecule has 2 aromatic carbocycles. The lowest BCUT2D eigenvalue weighted by Gasteiger charge is -2.01. The Morgan fingerprint density at radius 2 is 2.15 bits per heavy atom. The smallest absolute Gasteiger partial charge is 0.138 e. The third-order valence-electron chi connectivity index (χ3n) is 3.54. The number of nitrogens with zero attached hydrogens (tertiary/aromatic N) is 1. The Balaban J connectivity index is 1.88. The molecule has 4 rings (SSSR count). The van der Waals surface area contributed by atoms with Crippen LogP contribution < -0.4 is 10.5 Å². The van der Waals surface area contributed by atoms with Gasteiger partial charge in [0.1, 0.15) is 17.1 Å². The average Bonchev–Trinajstić information content (AvgIpc) is 3.03. The Bertz CT molecular complexity index is 825. The molecule has 0 bridgehead atoms. The van der Waals surface area contributed by atoms with Gasteiger partial charge in [0.05, 0.1) is 17.8 Å². The molecule has 20 heavy (non-hydrogen) atoms. The fraction of sp³-hybridized carbons (Fsp3) is 0.133. The van der Waals surface area contributed by atoms with Crippen LogP contribution in [0.25, 0.3) is 22.4 Å². The first-order valence-electron chi connectivity index (χ1n) is 6.41. The zero-order chi connectivity index (χ0) is 13.7. The van der Waals surface area contributed by atoms with Crippen LogP contribution in [0.3, 0.4) is 0 Å². The number of rotatable bonds is 1. The number of aromatic amines is 1. The summed E-state index contributed by atoms with van der Waals surface area (Å²) < 4.78 is 5.52. The van der Waals surface area contributed by atoms with Crippen LogP contribution in [-0.2, 0) is 6.42 Å². The van der Waals surface area contributed by atoms with E-state index in [0.29, 0.717) is 10.7 Å². The second kappa shape index (κ2) is 4.15. The van der Waals surface area contributed by atoms with E-state index in [9.17, 15) is 0 Å². The van der Waals surface area contributed by atoms with E-state index >= 15 is 0 Å². The highest BCUT2D eigenvalue weighted by Crippen LogP contribution is 2.31. The molecule has 0 saturated carbocycles. The second-order valence-electron chi connectivity index (χ2n) is 4.90. The number of H-pyrrole nitrogens is 1. The number of nitrogen functional groups attached to an aromatic ring is 1. The molecule has 1 aliphatic rings. The van der Waals surface area contributed by atoms with Gasteiger partial charge in [-0.1, -0.05) is 11.6 Å². The lowest BCUT2D eigenvalue weighted by Crippen LogP contribution is -1.86. The minimum absolute atomic E-state index is 0.583. The first kappa shape index (κ1) is 11.6. The molecule has 0 unspecified atom stereocenters. The highest BCUT2D eigenvalue weighted by molar-refractivity contribution is 6.31. The molecule has 0 aliphatic carbocycles. The molecule has 0 fully saturated rings. The van der Waals surface area contributed by atoms with Gasteiger partial charge in [0.2, 0.25) is 0 Å². The molecule has 3 N–H and O–H groups in total. The summed E-state index contributed by atoms with van der Waals surface area (Å²) in [5, 5.41) is 0.604. The predicted octanol–water partition coefficient (Wildman–Crippen LogP) is 3.40. The maximum Gasteiger partial charge on any atom is 0.138 e. The average molecular weight is 286 g/mol. The number of hydrogen-bond donors (Lipinski definition) is 2. The van der Waals surface area contributed by atoms with Gasteiger partial charge < -0.3 is 15.5 Å². The van der Waals surface area contributed by atoms with E-state index in [1.807, 2.05) is 18.2 Å². The summed E-state index contributed by atoms with van der Waals surface area (Å²) in [6.07, 6.45) is 0.942. The van der Waals surface area contributed by atoms with E-state index in [2.05, 4.69) is 16.0 Å². The predicted molar refractivity (Wildman–Crippen MR) is 80.2 cm³/mol. The molecule has 0 radical (unpaired) electrons. The van der Waals surface area contributed by atoms with Crippen molar-refractivity contribution in [3.05, 3.63) is 40.9 Å². The Morgan fingerprint density at radius 3 is 3.05 bits per heavy atom. The third-order valence-corrected chi connectivity index (χ3v) is 3.76. The van der Waals surface area contributed by atoms with E-state index in [-0.39, 0.29) is 0 Å². The van der Waals surface area contributed by atoms with Gasteiger partial charge in [0.25, 0.3) is 0 Å². The van der Waals surface area contributed by atoms with Crippen LogP contribution in [0.15, 0.2) is 30.3 Å². The Morgan fingerprint density at radius 1 is 1.25 bits per heavy atom. The standard InChI is InChI=1S/C15H12ClN3O/c16-10-6-11(17)14-12(7-10)18-15(19-14)9-1-2-13-8(5-9)3-4-20-13/h1-2,5-7H,3-4,17H2,(H,18,19). The van der Waals surface area contributed by atoms with E-state index in [1.165, 1.54) is 5.56 Å². The normalized spacial score (nSPS) is 13.4. The van der Waals surface area contributed by atoms with Crippen molar-refractivity contribution in [3.63, 3.8) is 0 Å². The molecule has 2 heterocycles. The summed E-state index contributed by atoms with van der Waals surface area (Å²) in [6.45, 7) is 0.751. The number of benzene rings is 2. The van der Waals surface area contributed by atoms with Gasteiger partial charge in [0, 0.05) is 17.0 Å². The molecule has 5 heteroatoms. The molecule has 0 atom stereocenters. The van der Waals surface area contributed by atoms with E-state index < -0.39 is 0 Å². The number of nitrogens with two attached hydrogens (primary N) is 1. The number of anilines is 1. The van der Waals surface area contributed by atoms with E-state index in [0.717, 1.165) is 41.2 Å². The third kappa shape index (κ3) is 1.72. The SMILES string of the molecule is Nc1cc(Cl)cc2[nH]c(-c3ccc4c(c3)CCO4)nc12. The van der Waals surface area contributed by atoms with Gasteiger partial charge >= 0.3 is 0 Å². The fourth-order valence-electron chi connectivity index (χ4n) is 2.58. The molecule has 0 saturated heterocycles. The van der Waals surface area contributed by atoms with Crippen molar-refractivity contribution in [2.45, 2.75) is 6.42 Å². The van der Waals surface area contributed by atoms with Crippen molar-refractivity contribution in [1.82, 2.24) is 9.97 Å². The minimum atomic E-state index is 0.583. The lowest BCUT2D eigenvalue weighted by atomic mass is 10.1. The zero-order valence-corrected chi connectivity index (χ0v) is 11.4. The van der Waals surface area contributed by atoms with E-state index in [1.54, 1.807) is 6.07 Å². The topological polar surface area (TPSA) is 63.9 Å². The minimum Gasteiger partial charge on any atom is -0.493 e. The van der Waals surface area contributed by atoms with Crippen LogP contribution in [0.1, 0.15) is 5.56 Å². The van der Waals surface area contributed by atoms with Crippen molar-refractivity contribution >= 4 is 28.3 Å². The lowest BCUT2D eigenvalue weighted by molar-refractivity contribution is 0.357. The molecule has 100 valence electrons. The van der Waals surface area contributed by atoms with Crippen LogP contribution in [0.2, 0.25) is 5.02 Å². The van der Waals surface area contributed by atoms with Gasteiger partial charge in [-0.2, -0.15) is 0 Å². The molecule has 1 aliphatic heterocycles. The van der Waals surface area contributed by atoms with Crippen molar-refractivity contribution in [2.75, 3.05) is 12.3 Å². The van der Waals surface area contributed by atoms with Gasteiger partial charge in [0.15, 0.2) is 0 Å². The molecule has 0 spiro atoms. The molecular weight excluding hydrogens is 274 g/mol. The Labute approximate surface area is 120 Å². The number of hydrogen-bond acceptors (Lipinski definition) is 3. The van der Waals surface area contributed by atoms with Crippen molar-refractivity contribution in [1.29, 1.82) is 0 Å². The molecular formula is C15H12ClN3O. The van der Waals surface area contributed by atoms with Crippen molar-refractivity contribution < 1.29 is 4.74 Å². The van der Waals surface area contributed by atoms with Gasteiger partial charge in [-0.05, 0) is 35.9 Å². The number of halogens is 1. The monoisotopic (exact) mass is 285 g/mol. The Kier molecular flexibility index (Phi) is 2.41. The van der Waals surface area contributed by atoms with Crippen LogP contribution in [0.4, 0.5) is 5.69 Å². The van der Waals surface area contributed by atoms with Gasteiger partial charge in [-0.3, -0.25) is 0 Å². The number of imidazole rings is 1. The maximum absolute atomic E-state index is 6.01. The number of fused-ring (bicyclic) bond motifs is 2. The summed E-state index contributed by atoms with van der Waals surface area (Å²) in [7, 11) is 0. The van der Waals surface area contributed by atoms with Gasteiger partial charge in [-0.15, -0.1) is 0 Å². The first-order chi connectivity index (χ1) is 9.70. The first-order valence-corrected chi connectivity index (χ1v) is 6.79. The molecule has 4 nitrogen and oxygen atoms in total. The number of nitrogens with one attached hydrogen (secondary N) is 1. The fourth-order valence-corrected chi connectivity index (χ4v) is 2.80. The van der Waals surface area contributed by atoms with Crippen LogP contribution in [0.5, 0.6) is 5.75 Å². The summed E-state index contributed by atoms with van der Waals surface area (Å²) in [5.41, 5.74) is 10.4. The number of ether oxygens (including phenoxy) is 1. The highest BCUT2D eigenvalue weighted by atomic mass is 35.5. The molecule has 3 aromatic rings. The van der Waals surface area contributed by atoms with Crippen LogP contribution in [-0.4, -0.2) is 16.6 Å². The van der Waals surface area contributed by atoms with Crippen LogP contribution in [0, 0.1) is 0 Å². The van der Waals surface area contributed by atoms with E-state index in [4.69, 9.17) is 22.1 Å². The largest absolute Gasteiger partial charge is 0.493 e.